The molecule has 0 atom stereocenters. The third-order valence-electron chi connectivity index (χ3n) is 6.42. The standard InChI is InChI=1S/C26H38N2O/c1-3-5-6-7-8-9-23-18-27-26(28-19-23)24-14-16-25(17-15-24)29-20-22-12-10-21(4-2)11-13-22/h14-19,21-22H,3-13,20H2,1-2H3. The summed E-state index contributed by atoms with van der Waals surface area (Å²) in [5, 5.41) is 0. The van der Waals surface area contributed by atoms with Gasteiger partial charge in [0.15, 0.2) is 5.82 Å². The Labute approximate surface area is 177 Å². The normalized spacial score (nSPS) is 19.2. The lowest BCUT2D eigenvalue weighted by Crippen LogP contribution is -2.19. The fraction of sp³-hybridized carbons (Fsp3) is 0.615. The van der Waals surface area contributed by atoms with Gasteiger partial charge in [0.2, 0.25) is 0 Å². The van der Waals surface area contributed by atoms with Gasteiger partial charge in [-0.15, -0.1) is 0 Å². The molecule has 0 spiro atoms. The number of unbranched alkanes of at least 4 members (excludes halogenated alkanes) is 4. The van der Waals surface area contributed by atoms with Gasteiger partial charge in [0.05, 0.1) is 6.61 Å². The predicted molar refractivity (Wildman–Crippen MR) is 121 cm³/mol. The Bertz CT molecular complexity index is 688. The van der Waals surface area contributed by atoms with E-state index in [1.807, 2.05) is 12.4 Å². The van der Waals surface area contributed by atoms with E-state index in [4.69, 9.17) is 4.74 Å². The third kappa shape index (κ3) is 7.13. The third-order valence-corrected chi connectivity index (χ3v) is 6.42. The second-order valence-corrected chi connectivity index (χ2v) is 8.71. The average molecular weight is 395 g/mol. The fourth-order valence-electron chi connectivity index (χ4n) is 4.29. The van der Waals surface area contributed by atoms with Crippen LogP contribution in [0.2, 0.25) is 0 Å². The first-order valence-corrected chi connectivity index (χ1v) is 11.8. The van der Waals surface area contributed by atoms with Gasteiger partial charge in [0, 0.05) is 18.0 Å². The van der Waals surface area contributed by atoms with Crippen LogP contribution in [0.1, 0.15) is 83.6 Å². The molecule has 0 bridgehead atoms. The van der Waals surface area contributed by atoms with Crippen LogP contribution >= 0.6 is 0 Å². The van der Waals surface area contributed by atoms with Crippen LogP contribution in [0.25, 0.3) is 11.4 Å². The van der Waals surface area contributed by atoms with E-state index in [0.717, 1.165) is 42.0 Å². The molecule has 0 aliphatic heterocycles. The van der Waals surface area contributed by atoms with Crippen LogP contribution in [-0.2, 0) is 6.42 Å². The minimum absolute atomic E-state index is 0.718. The molecule has 0 amide bonds. The van der Waals surface area contributed by atoms with E-state index in [1.165, 1.54) is 69.8 Å². The van der Waals surface area contributed by atoms with Gasteiger partial charge in [-0.1, -0.05) is 58.8 Å². The number of benzene rings is 1. The molecule has 1 heterocycles. The van der Waals surface area contributed by atoms with Gasteiger partial charge in [-0.2, -0.15) is 0 Å². The fourth-order valence-corrected chi connectivity index (χ4v) is 4.29. The van der Waals surface area contributed by atoms with Crippen LogP contribution in [0.15, 0.2) is 36.7 Å². The largest absolute Gasteiger partial charge is 0.493 e. The van der Waals surface area contributed by atoms with E-state index in [-0.39, 0.29) is 0 Å². The highest BCUT2D eigenvalue weighted by atomic mass is 16.5. The summed E-state index contributed by atoms with van der Waals surface area (Å²) in [6.07, 6.45) is 18.3. The molecule has 1 saturated carbocycles. The number of aromatic nitrogens is 2. The molecule has 0 radical (unpaired) electrons. The van der Waals surface area contributed by atoms with Crippen LogP contribution in [0, 0.1) is 11.8 Å². The maximum atomic E-state index is 6.06. The second kappa shape index (κ2) is 11.9. The molecule has 29 heavy (non-hydrogen) atoms. The van der Waals surface area contributed by atoms with Crippen molar-refractivity contribution in [3.05, 3.63) is 42.2 Å². The first-order valence-electron chi connectivity index (χ1n) is 11.8. The van der Waals surface area contributed by atoms with Gasteiger partial charge < -0.3 is 4.74 Å². The van der Waals surface area contributed by atoms with E-state index in [1.54, 1.807) is 0 Å². The van der Waals surface area contributed by atoms with Gasteiger partial charge in [-0.25, -0.2) is 9.97 Å². The molecule has 1 aliphatic carbocycles. The van der Waals surface area contributed by atoms with Gasteiger partial charge >= 0.3 is 0 Å². The highest BCUT2D eigenvalue weighted by molar-refractivity contribution is 5.55. The van der Waals surface area contributed by atoms with Crippen molar-refractivity contribution in [3.8, 4) is 17.1 Å². The van der Waals surface area contributed by atoms with Gasteiger partial charge in [-0.05, 0) is 67.3 Å². The molecule has 1 aliphatic rings. The van der Waals surface area contributed by atoms with Crippen LogP contribution in [0.3, 0.4) is 0 Å². The lowest BCUT2D eigenvalue weighted by molar-refractivity contribution is 0.181. The summed E-state index contributed by atoms with van der Waals surface area (Å²) in [5.74, 6) is 3.41. The summed E-state index contributed by atoms with van der Waals surface area (Å²) in [6, 6.07) is 8.25. The van der Waals surface area contributed by atoms with Gasteiger partial charge in [0.1, 0.15) is 5.75 Å². The Balaban J connectivity index is 1.43. The monoisotopic (exact) mass is 394 g/mol. The zero-order valence-electron chi connectivity index (χ0n) is 18.4. The van der Waals surface area contributed by atoms with Crippen molar-refractivity contribution in [1.29, 1.82) is 0 Å². The first-order chi connectivity index (χ1) is 14.3. The molecule has 3 rings (SSSR count). The Kier molecular flexibility index (Phi) is 8.98. The van der Waals surface area contributed by atoms with Crippen molar-refractivity contribution in [2.75, 3.05) is 6.61 Å². The minimum atomic E-state index is 0.718. The van der Waals surface area contributed by atoms with E-state index < -0.39 is 0 Å². The first kappa shape index (κ1) is 21.8. The number of nitrogens with zero attached hydrogens (tertiary/aromatic N) is 2. The number of hydrogen-bond acceptors (Lipinski definition) is 3. The number of ether oxygens (including phenoxy) is 1. The van der Waals surface area contributed by atoms with Crippen LogP contribution < -0.4 is 4.74 Å². The van der Waals surface area contributed by atoms with E-state index >= 15 is 0 Å². The van der Waals surface area contributed by atoms with Crippen molar-refractivity contribution < 1.29 is 4.74 Å². The highest BCUT2D eigenvalue weighted by Crippen LogP contribution is 2.31. The Morgan fingerprint density at radius 3 is 2.14 bits per heavy atom. The molecule has 158 valence electrons. The van der Waals surface area contributed by atoms with E-state index in [0.29, 0.717) is 0 Å². The number of aryl methyl sites for hydroxylation is 1. The van der Waals surface area contributed by atoms with Crippen LogP contribution in [0.4, 0.5) is 0 Å². The van der Waals surface area contributed by atoms with Crippen molar-refractivity contribution >= 4 is 0 Å². The van der Waals surface area contributed by atoms with E-state index in [2.05, 4.69) is 48.1 Å². The molecule has 0 N–H and O–H groups in total. The highest BCUT2D eigenvalue weighted by Gasteiger charge is 2.20. The Hall–Kier alpha value is -1.90. The van der Waals surface area contributed by atoms with Crippen LogP contribution in [0.5, 0.6) is 5.75 Å². The quantitative estimate of drug-likeness (QED) is 0.376. The molecule has 1 aromatic heterocycles. The summed E-state index contributed by atoms with van der Waals surface area (Å²) in [7, 11) is 0. The molecule has 2 aromatic rings. The average Bonchev–Trinajstić information content (AvgIpc) is 2.79. The summed E-state index contributed by atoms with van der Waals surface area (Å²) in [4.78, 5) is 9.15. The molecule has 1 aromatic carbocycles. The summed E-state index contributed by atoms with van der Waals surface area (Å²) in [6.45, 7) is 5.41. The number of rotatable bonds is 11. The molecule has 1 fully saturated rings. The van der Waals surface area contributed by atoms with Gasteiger partial charge in [0.25, 0.3) is 0 Å². The maximum absolute atomic E-state index is 6.06. The van der Waals surface area contributed by atoms with Crippen molar-refractivity contribution in [2.24, 2.45) is 11.8 Å². The predicted octanol–water partition coefficient (Wildman–Crippen LogP) is 7.25. The van der Waals surface area contributed by atoms with Crippen molar-refractivity contribution in [2.45, 2.75) is 84.5 Å². The van der Waals surface area contributed by atoms with Crippen molar-refractivity contribution in [3.63, 3.8) is 0 Å². The smallest absolute Gasteiger partial charge is 0.159 e. The number of hydrogen-bond donors (Lipinski definition) is 0. The topological polar surface area (TPSA) is 35.0 Å². The summed E-state index contributed by atoms with van der Waals surface area (Å²) < 4.78 is 6.06. The maximum Gasteiger partial charge on any atom is 0.159 e. The summed E-state index contributed by atoms with van der Waals surface area (Å²) in [5.41, 5.74) is 2.29. The Morgan fingerprint density at radius 1 is 0.828 bits per heavy atom. The van der Waals surface area contributed by atoms with Crippen LogP contribution in [-0.4, -0.2) is 16.6 Å². The molecule has 0 unspecified atom stereocenters. The molecule has 3 nitrogen and oxygen atoms in total. The SMILES string of the molecule is CCCCCCCc1cnc(-c2ccc(OCC3CCC(CC)CC3)cc2)nc1. The lowest BCUT2D eigenvalue weighted by atomic mass is 9.81. The molecule has 0 saturated heterocycles. The van der Waals surface area contributed by atoms with E-state index in [9.17, 15) is 0 Å². The lowest BCUT2D eigenvalue weighted by Gasteiger charge is -2.27. The Morgan fingerprint density at radius 2 is 1.48 bits per heavy atom. The second-order valence-electron chi connectivity index (χ2n) is 8.71. The zero-order valence-corrected chi connectivity index (χ0v) is 18.4. The molecular weight excluding hydrogens is 356 g/mol. The van der Waals surface area contributed by atoms with Crippen molar-refractivity contribution in [1.82, 2.24) is 9.97 Å². The molecule has 3 heteroatoms. The van der Waals surface area contributed by atoms with Gasteiger partial charge in [-0.3, -0.25) is 0 Å². The zero-order chi connectivity index (χ0) is 20.3. The summed E-state index contributed by atoms with van der Waals surface area (Å²) >= 11 is 0. The molecular formula is C26H38N2O. The minimum Gasteiger partial charge on any atom is -0.493 e.